The predicted octanol–water partition coefficient (Wildman–Crippen LogP) is 2.49. The maximum absolute atomic E-state index is 2.79. The van der Waals surface area contributed by atoms with Gasteiger partial charge >= 0.3 is 0 Å². The molecule has 0 aromatic rings. The van der Waals surface area contributed by atoms with E-state index in [9.17, 15) is 0 Å². The first kappa shape index (κ1) is 14.4. The topological polar surface area (TPSA) is 3.24 Å². The summed E-state index contributed by atoms with van der Waals surface area (Å²) in [6.07, 6.45) is 2.83. The summed E-state index contributed by atoms with van der Waals surface area (Å²) < 4.78 is 2.79. The lowest BCUT2D eigenvalue weighted by Gasteiger charge is -2.31. The molecule has 1 nitrogen and oxygen atoms in total. The van der Waals surface area contributed by atoms with Gasteiger partial charge in [-0.1, -0.05) is 46.3 Å². The molecule has 14 heavy (non-hydrogen) atoms. The Balaban J connectivity index is 3.82. The first-order chi connectivity index (χ1) is 6.63. The summed E-state index contributed by atoms with van der Waals surface area (Å²) in [5.74, 6) is 0. The van der Waals surface area contributed by atoms with Gasteiger partial charge in [0.25, 0.3) is 0 Å². The van der Waals surface area contributed by atoms with Crippen LogP contribution in [0.3, 0.4) is 0 Å². The SMILES string of the molecule is CCCN(C(C)C)[SiH](C)CCC[SiH2]C. The van der Waals surface area contributed by atoms with Crippen LogP contribution in [-0.2, 0) is 0 Å². The zero-order chi connectivity index (χ0) is 11.0. The lowest BCUT2D eigenvalue weighted by molar-refractivity contribution is 0.361. The van der Waals surface area contributed by atoms with Gasteiger partial charge in [0, 0.05) is 9.52 Å². The van der Waals surface area contributed by atoms with Crippen LogP contribution >= 0.6 is 0 Å². The molecule has 0 saturated carbocycles. The fourth-order valence-electron chi connectivity index (χ4n) is 2.10. The summed E-state index contributed by atoms with van der Waals surface area (Å²) in [7, 11) is -0.249. The Kier molecular flexibility index (Phi) is 8.93. The van der Waals surface area contributed by atoms with Crippen molar-refractivity contribution in [2.24, 2.45) is 0 Å². The number of hydrogen-bond acceptors (Lipinski definition) is 1. The summed E-state index contributed by atoms with van der Waals surface area (Å²) in [4.78, 5) is 0. The predicted molar refractivity (Wildman–Crippen MR) is 73.8 cm³/mol. The van der Waals surface area contributed by atoms with Crippen molar-refractivity contribution in [3.63, 3.8) is 0 Å². The van der Waals surface area contributed by atoms with Gasteiger partial charge in [-0.2, -0.15) is 0 Å². The van der Waals surface area contributed by atoms with Crippen LogP contribution in [0.25, 0.3) is 0 Å². The third-order valence-corrected chi connectivity index (χ3v) is 7.37. The van der Waals surface area contributed by atoms with Crippen LogP contribution in [0.4, 0.5) is 0 Å². The molecule has 0 aromatic heterocycles. The van der Waals surface area contributed by atoms with Gasteiger partial charge in [0.1, 0.15) is 8.96 Å². The Labute approximate surface area is 94.8 Å². The number of nitrogens with zero attached hydrogens (tertiary/aromatic N) is 1. The van der Waals surface area contributed by atoms with Crippen molar-refractivity contribution < 1.29 is 0 Å². The van der Waals surface area contributed by atoms with Gasteiger partial charge < -0.3 is 4.57 Å². The lowest BCUT2D eigenvalue weighted by atomic mass is 10.4. The minimum atomic E-state index is -0.569. The summed E-state index contributed by atoms with van der Waals surface area (Å²) in [5, 5.41) is 0. The Morgan fingerprint density at radius 2 is 2.00 bits per heavy atom. The van der Waals surface area contributed by atoms with E-state index in [0.717, 1.165) is 6.04 Å². The highest BCUT2D eigenvalue weighted by molar-refractivity contribution is 6.54. The molecule has 0 heterocycles. The quantitative estimate of drug-likeness (QED) is 0.458. The molecule has 0 aliphatic rings. The summed E-state index contributed by atoms with van der Waals surface area (Å²) in [6.45, 7) is 13.3. The van der Waals surface area contributed by atoms with Crippen LogP contribution < -0.4 is 0 Å². The smallest absolute Gasteiger partial charge is 0.109 e. The number of rotatable bonds is 8. The molecule has 0 saturated heterocycles. The Morgan fingerprint density at radius 1 is 1.36 bits per heavy atom. The van der Waals surface area contributed by atoms with E-state index < -0.39 is 8.96 Å². The minimum Gasteiger partial charge on any atom is -0.324 e. The normalized spacial score (nSPS) is 14.8. The fraction of sp³-hybridized carbons (Fsp3) is 1.00. The van der Waals surface area contributed by atoms with Gasteiger partial charge in [0.05, 0.1) is 0 Å². The van der Waals surface area contributed by atoms with Crippen molar-refractivity contribution in [2.75, 3.05) is 6.54 Å². The first-order valence-electron chi connectivity index (χ1n) is 6.39. The molecule has 1 unspecified atom stereocenters. The van der Waals surface area contributed by atoms with Gasteiger partial charge in [-0.05, 0) is 25.1 Å². The zero-order valence-corrected chi connectivity index (χ0v) is 13.4. The van der Waals surface area contributed by atoms with Crippen LogP contribution in [-0.4, -0.2) is 35.6 Å². The monoisotopic (exact) mass is 231 g/mol. The van der Waals surface area contributed by atoms with Gasteiger partial charge in [-0.25, -0.2) is 0 Å². The second kappa shape index (κ2) is 8.68. The Bertz CT molecular complexity index is 128. The molecule has 0 spiro atoms. The van der Waals surface area contributed by atoms with Crippen molar-refractivity contribution in [1.82, 2.24) is 4.57 Å². The second-order valence-electron chi connectivity index (χ2n) is 4.68. The first-order valence-corrected chi connectivity index (χ1v) is 11.3. The zero-order valence-electron chi connectivity index (χ0n) is 10.8. The molecular formula is C11H29NSi2. The van der Waals surface area contributed by atoms with Crippen molar-refractivity contribution >= 4 is 18.5 Å². The van der Waals surface area contributed by atoms with Gasteiger partial charge in [-0.15, -0.1) is 0 Å². The third-order valence-electron chi connectivity index (χ3n) is 2.94. The number of hydrogen-bond donors (Lipinski definition) is 0. The van der Waals surface area contributed by atoms with E-state index in [4.69, 9.17) is 0 Å². The van der Waals surface area contributed by atoms with E-state index in [2.05, 4.69) is 38.4 Å². The molecule has 0 amide bonds. The maximum atomic E-state index is 2.79. The average Bonchev–Trinajstić information content (AvgIpc) is 2.13. The van der Waals surface area contributed by atoms with Gasteiger partial charge in [-0.3, -0.25) is 0 Å². The molecule has 0 aliphatic carbocycles. The Hall–Kier alpha value is 0.394. The lowest BCUT2D eigenvalue weighted by Crippen LogP contribution is -2.42. The van der Waals surface area contributed by atoms with E-state index in [1.807, 2.05) is 0 Å². The van der Waals surface area contributed by atoms with Gasteiger partial charge in [0.2, 0.25) is 0 Å². The molecule has 0 fully saturated rings. The molecule has 1 atom stereocenters. The van der Waals surface area contributed by atoms with Crippen molar-refractivity contribution in [3.8, 4) is 0 Å². The molecule has 0 rings (SSSR count). The highest BCUT2D eigenvalue weighted by Crippen LogP contribution is 2.10. The second-order valence-corrected chi connectivity index (χ2v) is 9.32. The molecule has 0 N–H and O–H groups in total. The maximum Gasteiger partial charge on any atom is 0.109 e. The minimum absolute atomic E-state index is 0.319. The van der Waals surface area contributed by atoms with Crippen LogP contribution in [0, 0.1) is 0 Å². The van der Waals surface area contributed by atoms with Crippen LogP contribution in [0.2, 0.25) is 25.2 Å². The van der Waals surface area contributed by atoms with E-state index in [0.29, 0.717) is 9.52 Å². The highest BCUT2D eigenvalue weighted by Gasteiger charge is 2.16. The highest BCUT2D eigenvalue weighted by atomic mass is 28.3. The van der Waals surface area contributed by atoms with Crippen molar-refractivity contribution in [2.45, 2.75) is 64.8 Å². The summed E-state index contributed by atoms with van der Waals surface area (Å²) >= 11 is 0. The molecular weight excluding hydrogens is 202 g/mol. The Morgan fingerprint density at radius 3 is 2.43 bits per heavy atom. The van der Waals surface area contributed by atoms with Crippen LogP contribution in [0.15, 0.2) is 0 Å². The van der Waals surface area contributed by atoms with Crippen LogP contribution in [0.1, 0.15) is 33.6 Å². The van der Waals surface area contributed by atoms with E-state index in [-0.39, 0.29) is 0 Å². The van der Waals surface area contributed by atoms with E-state index in [1.165, 1.54) is 19.4 Å². The molecule has 0 bridgehead atoms. The fourth-order valence-corrected chi connectivity index (χ4v) is 6.40. The standard InChI is InChI=1S/C11H29NSi2/c1-6-8-12(11(2)3)14(5)10-7-9-13-4/h11,14H,6-10,13H2,1-5H3. The van der Waals surface area contributed by atoms with E-state index >= 15 is 0 Å². The molecule has 0 aromatic carbocycles. The molecule has 86 valence electrons. The third kappa shape index (κ3) is 5.99. The molecule has 0 aliphatic heterocycles. The molecule has 3 heteroatoms. The molecule has 0 radical (unpaired) electrons. The van der Waals surface area contributed by atoms with Crippen molar-refractivity contribution in [1.29, 1.82) is 0 Å². The van der Waals surface area contributed by atoms with Crippen LogP contribution in [0.5, 0.6) is 0 Å². The summed E-state index contributed by atoms with van der Waals surface area (Å²) in [6, 6.07) is 3.88. The van der Waals surface area contributed by atoms with Gasteiger partial charge in [0.15, 0.2) is 0 Å². The van der Waals surface area contributed by atoms with Crippen molar-refractivity contribution in [3.05, 3.63) is 0 Å². The van der Waals surface area contributed by atoms with E-state index in [1.54, 1.807) is 12.1 Å². The summed E-state index contributed by atoms with van der Waals surface area (Å²) in [5.41, 5.74) is 0. The largest absolute Gasteiger partial charge is 0.324 e. The average molecular weight is 232 g/mol.